The molecule has 0 aliphatic rings. The second-order valence-corrected chi connectivity index (χ2v) is 8.08. The third-order valence-corrected chi connectivity index (χ3v) is 5.03. The largest absolute Gasteiger partial charge is 0.487 e. The molecule has 31 heavy (non-hydrogen) atoms. The summed E-state index contributed by atoms with van der Waals surface area (Å²) in [5, 5.41) is 13.8. The molecule has 0 aliphatic heterocycles. The summed E-state index contributed by atoms with van der Waals surface area (Å²) in [6, 6.07) is 18.7. The average molecular weight is 492 g/mol. The lowest BCUT2D eigenvalue weighted by molar-refractivity contribution is -0.112. The van der Waals surface area contributed by atoms with E-state index < -0.39 is 5.91 Å². The monoisotopic (exact) mass is 490 g/mol. The molecule has 4 nitrogen and oxygen atoms in total. The van der Waals surface area contributed by atoms with Gasteiger partial charge in [0.1, 0.15) is 24.0 Å². The highest BCUT2D eigenvalue weighted by Gasteiger charge is 2.15. The van der Waals surface area contributed by atoms with E-state index in [-0.39, 0.29) is 23.0 Å². The minimum Gasteiger partial charge on any atom is -0.487 e. The molecular weight excluding hydrogens is 478 g/mol. The highest BCUT2D eigenvalue weighted by molar-refractivity contribution is 6.36. The summed E-state index contributed by atoms with van der Waals surface area (Å²) in [6.45, 7) is 0.180. The molecule has 0 saturated carbocycles. The van der Waals surface area contributed by atoms with Crippen LogP contribution in [0.5, 0.6) is 5.75 Å². The molecule has 8 heteroatoms. The third kappa shape index (κ3) is 6.40. The first-order chi connectivity index (χ1) is 14.9. The maximum absolute atomic E-state index is 12.6. The van der Waals surface area contributed by atoms with Gasteiger partial charge in [-0.1, -0.05) is 64.6 Å². The van der Waals surface area contributed by atoms with Crippen LogP contribution in [-0.2, 0) is 11.4 Å². The molecule has 0 radical (unpaired) electrons. The third-order valence-electron chi connectivity index (χ3n) is 4.06. The molecule has 0 bridgehead atoms. The van der Waals surface area contributed by atoms with Crippen molar-refractivity contribution >= 4 is 64.1 Å². The zero-order valence-electron chi connectivity index (χ0n) is 15.8. The minimum absolute atomic E-state index is 0.161. The van der Waals surface area contributed by atoms with Gasteiger partial charge < -0.3 is 10.1 Å². The predicted octanol–water partition coefficient (Wildman–Crippen LogP) is 7.42. The van der Waals surface area contributed by atoms with Crippen LogP contribution < -0.4 is 10.1 Å². The van der Waals surface area contributed by atoms with Crippen LogP contribution in [0.4, 0.5) is 5.69 Å². The summed E-state index contributed by atoms with van der Waals surface area (Å²) < 4.78 is 5.87. The Kier molecular flexibility index (Phi) is 7.84. The van der Waals surface area contributed by atoms with Gasteiger partial charge in [0.15, 0.2) is 0 Å². The highest BCUT2D eigenvalue weighted by atomic mass is 35.5. The molecule has 156 valence electrons. The molecule has 0 saturated heterocycles. The van der Waals surface area contributed by atoms with Gasteiger partial charge in [-0.25, -0.2) is 0 Å². The lowest BCUT2D eigenvalue weighted by Crippen LogP contribution is -2.13. The number of anilines is 1. The highest BCUT2D eigenvalue weighted by Crippen LogP contribution is 2.34. The van der Waals surface area contributed by atoms with Gasteiger partial charge >= 0.3 is 0 Å². The zero-order valence-corrected chi connectivity index (χ0v) is 18.9. The van der Waals surface area contributed by atoms with E-state index in [0.29, 0.717) is 26.3 Å². The van der Waals surface area contributed by atoms with E-state index >= 15 is 0 Å². The number of nitriles is 1. The average Bonchev–Trinajstić information content (AvgIpc) is 2.71. The molecule has 0 fully saturated rings. The molecule has 0 aliphatic carbocycles. The van der Waals surface area contributed by atoms with Crippen molar-refractivity contribution in [3.05, 3.63) is 97.5 Å². The summed E-state index contributed by atoms with van der Waals surface area (Å²) in [7, 11) is 0. The van der Waals surface area contributed by atoms with E-state index in [1.807, 2.05) is 12.1 Å². The van der Waals surface area contributed by atoms with Crippen LogP contribution in [0.15, 0.2) is 66.2 Å². The molecule has 3 aromatic rings. The van der Waals surface area contributed by atoms with Gasteiger partial charge in [0.2, 0.25) is 0 Å². The number of halogens is 4. The van der Waals surface area contributed by atoms with Crippen molar-refractivity contribution in [2.24, 2.45) is 0 Å². The standard InChI is InChI=1S/C23H14Cl4N2O2/c24-17-4-1-3-14(7-17)13-31-22-15(9-19(26)11-21(22)27)8-16(12-28)23(30)29-20-6-2-5-18(25)10-20/h1-11H,13H2,(H,29,30)/b16-8+. The molecule has 3 rings (SSSR count). The lowest BCUT2D eigenvalue weighted by Gasteiger charge is -2.13. The topological polar surface area (TPSA) is 62.1 Å². The molecule has 0 spiro atoms. The quantitative estimate of drug-likeness (QED) is 0.288. The molecule has 0 heterocycles. The number of amides is 1. The number of hydrogen-bond donors (Lipinski definition) is 1. The fourth-order valence-corrected chi connectivity index (χ4v) is 3.66. The Morgan fingerprint density at radius 2 is 1.68 bits per heavy atom. The SMILES string of the molecule is N#C/C(=C\c1cc(Cl)cc(Cl)c1OCc1cccc(Cl)c1)C(=O)Nc1cccc(Cl)c1. The molecule has 1 N–H and O–H groups in total. The summed E-state index contributed by atoms with van der Waals surface area (Å²) in [6.07, 6.45) is 1.37. The molecule has 0 atom stereocenters. The Labute approximate surface area is 199 Å². The van der Waals surface area contributed by atoms with E-state index in [4.69, 9.17) is 51.1 Å². The minimum atomic E-state index is -0.610. The summed E-state index contributed by atoms with van der Waals surface area (Å²) in [5.74, 6) is -0.323. The summed E-state index contributed by atoms with van der Waals surface area (Å²) >= 11 is 24.4. The fraction of sp³-hybridized carbons (Fsp3) is 0.0435. The normalized spacial score (nSPS) is 11.0. The maximum atomic E-state index is 12.6. The lowest BCUT2D eigenvalue weighted by atomic mass is 10.1. The molecule has 1 amide bonds. The van der Waals surface area contributed by atoms with Crippen LogP contribution in [0.25, 0.3) is 6.08 Å². The molecule has 0 unspecified atom stereocenters. The van der Waals surface area contributed by atoms with Crippen molar-refractivity contribution in [1.82, 2.24) is 0 Å². The van der Waals surface area contributed by atoms with Gasteiger partial charge in [0.05, 0.1) is 5.02 Å². The van der Waals surface area contributed by atoms with Crippen LogP contribution >= 0.6 is 46.4 Å². The number of hydrogen-bond acceptors (Lipinski definition) is 3. The van der Waals surface area contributed by atoms with Crippen LogP contribution in [-0.4, -0.2) is 5.91 Å². The van der Waals surface area contributed by atoms with E-state index in [2.05, 4.69) is 5.32 Å². The number of carbonyl (C=O) groups excluding carboxylic acids is 1. The predicted molar refractivity (Wildman–Crippen MR) is 126 cm³/mol. The van der Waals surface area contributed by atoms with Crippen molar-refractivity contribution in [1.29, 1.82) is 5.26 Å². The zero-order chi connectivity index (χ0) is 22.4. The van der Waals surface area contributed by atoms with Crippen molar-refractivity contribution in [3.8, 4) is 11.8 Å². The van der Waals surface area contributed by atoms with Gasteiger partial charge in [-0.05, 0) is 54.1 Å². The Morgan fingerprint density at radius 3 is 2.35 bits per heavy atom. The second-order valence-electron chi connectivity index (χ2n) is 6.36. The maximum Gasteiger partial charge on any atom is 0.266 e. The Hall–Kier alpha value is -2.68. The first-order valence-corrected chi connectivity index (χ1v) is 10.4. The van der Waals surface area contributed by atoms with Crippen LogP contribution in [0, 0.1) is 11.3 Å². The van der Waals surface area contributed by atoms with Gasteiger partial charge in [0.25, 0.3) is 5.91 Å². The van der Waals surface area contributed by atoms with Gasteiger partial charge in [-0.2, -0.15) is 5.26 Å². The van der Waals surface area contributed by atoms with E-state index in [0.717, 1.165) is 5.56 Å². The molecular formula is C23H14Cl4N2O2. The first kappa shape index (κ1) is 23.0. The van der Waals surface area contributed by atoms with E-state index in [1.165, 1.54) is 12.1 Å². The number of benzene rings is 3. The van der Waals surface area contributed by atoms with E-state index in [1.54, 1.807) is 48.5 Å². The number of rotatable bonds is 6. The van der Waals surface area contributed by atoms with Crippen molar-refractivity contribution in [2.45, 2.75) is 6.61 Å². The summed E-state index contributed by atoms with van der Waals surface area (Å²) in [4.78, 5) is 12.6. The van der Waals surface area contributed by atoms with E-state index in [9.17, 15) is 10.1 Å². The second kappa shape index (κ2) is 10.6. The van der Waals surface area contributed by atoms with Crippen LogP contribution in [0.3, 0.4) is 0 Å². The Balaban J connectivity index is 1.89. The number of nitrogens with one attached hydrogen (secondary N) is 1. The van der Waals surface area contributed by atoms with Crippen molar-refractivity contribution < 1.29 is 9.53 Å². The Bertz CT molecular complexity index is 1200. The first-order valence-electron chi connectivity index (χ1n) is 8.90. The fourth-order valence-electron chi connectivity index (χ4n) is 2.69. The van der Waals surface area contributed by atoms with Gasteiger partial charge in [-0.15, -0.1) is 0 Å². The number of nitrogens with zero attached hydrogens (tertiary/aromatic N) is 1. The summed E-state index contributed by atoms with van der Waals surface area (Å²) in [5.41, 5.74) is 1.51. The van der Waals surface area contributed by atoms with Gasteiger partial charge in [0, 0.05) is 26.3 Å². The molecule has 0 aromatic heterocycles. The van der Waals surface area contributed by atoms with Crippen LogP contribution in [0.1, 0.15) is 11.1 Å². The smallest absolute Gasteiger partial charge is 0.266 e. The van der Waals surface area contributed by atoms with Crippen LogP contribution in [0.2, 0.25) is 20.1 Å². The molecule has 3 aromatic carbocycles. The van der Waals surface area contributed by atoms with Gasteiger partial charge in [-0.3, -0.25) is 4.79 Å². The Morgan fingerprint density at radius 1 is 0.968 bits per heavy atom. The van der Waals surface area contributed by atoms with Crippen molar-refractivity contribution in [2.75, 3.05) is 5.32 Å². The van der Waals surface area contributed by atoms with Crippen molar-refractivity contribution in [3.63, 3.8) is 0 Å². The number of carbonyl (C=O) groups is 1. The number of ether oxygens (including phenoxy) is 1.